The minimum Gasteiger partial charge on any atom is -0.384 e. The van der Waals surface area contributed by atoms with Crippen LogP contribution >= 0.6 is 0 Å². The first-order chi connectivity index (χ1) is 19.0. The minimum atomic E-state index is -0.525. The van der Waals surface area contributed by atoms with Gasteiger partial charge in [-0.2, -0.15) is 0 Å². The van der Waals surface area contributed by atoms with Crippen LogP contribution in [0.15, 0.2) is 103 Å². The van der Waals surface area contributed by atoms with Crippen molar-refractivity contribution in [2.45, 2.75) is 46.1 Å². The second-order valence-electron chi connectivity index (χ2n) is 9.61. The highest BCUT2D eigenvalue weighted by molar-refractivity contribution is 5.94. The minimum absolute atomic E-state index is 0.525. The number of allylic oxidation sites excluding steroid dienone is 4. The third kappa shape index (κ3) is 10.0. The molecule has 0 unspecified atom stereocenters. The summed E-state index contributed by atoms with van der Waals surface area (Å²) < 4.78 is 0. The van der Waals surface area contributed by atoms with Crippen molar-refractivity contribution in [1.29, 1.82) is 0 Å². The molecule has 0 radical (unpaired) electrons. The lowest BCUT2D eigenvalue weighted by Crippen LogP contribution is -2.17. The Hall–Kier alpha value is -3.93. The Kier molecular flexibility index (Phi) is 12.2. The fourth-order valence-corrected chi connectivity index (χ4v) is 4.39. The van der Waals surface area contributed by atoms with Crippen molar-refractivity contribution in [3.8, 4) is 0 Å². The third-order valence-corrected chi connectivity index (χ3v) is 6.64. The van der Waals surface area contributed by atoms with Gasteiger partial charge in [0.05, 0.1) is 0 Å². The maximum Gasteiger partial charge on any atom is 0.267 e. The quantitative estimate of drug-likeness (QED) is 0.0747. The van der Waals surface area contributed by atoms with Crippen molar-refractivity contribution >= 4 is 17.2 Å². The molecule has 0 bridgehead atoms. The summed E-state index contributed by atoms with van der Waals surface area (Å²) in [5.74, 6) is -0.525. The summed E-state index contributed by atoms with van der Waals surface area (Å²) in [6.45, 7) is 10.6. The number of amides is 1. The van der Waals surface area contributed by atoms with Crippen LogP contribution in [0.5, 0.6) is 0 Å². The molecule has 1 amide bonds. The average molecular weight is 524 g/mol. The van der Waals surface area contributed by atoms with Gasteiger partial charge in [0.2, 0.25) is 0 Å². The van der Waals surface area contributed by atoms with E-state index in [2.05, 4.69) is 54.5 Å². The van der Waals surface area contributed by atoms with Gasteiger partial charge in [-0.3, -0.25) is 10.0 Å². The lowest BCUT2D eigenvalue weighted by Gasteiger charge is -2.11. The number of carbonyl (C=O) groups is 1. The predicted octanol–water partition coefficient (Wildman–Crippen LogP) is 6.65. The van der Waals surface area contributed by atoms with Gasteiger partial charge in [-0.25, -0.2) is 5.48 Å². The number of hydrogen-bond acceptors (Lipinski definition) is 4. The van der Waals surface area contributed by atoms with Crippen molar-refractivity contribution in [3.05, 3.63) is 131 Å². The number of carbonyl (C=O) groups excluding carboxylic acids is 1. The molecule has 1 aliphatic rings. The zero-order valence-corrected chi connectivity index (χ0v) is 23.2. The van der Waals surface area contributed by atoms with Crippen LogP contribution in [0.1, 0.15) is 48.1 Å². The summed E-state index contributed by atoms with van der Waals surface area (Å²) in [5.41, 5.74) is 11.1. The first kappa shape index (κ1) is 29.6. The molecule has 0 aromatic heterocycles. The molecule has 0 saturated carbocycles. The fraction of sp³-hybridized carbons (Fsp3) is 0.265. The molecule has 1 aliphatic heterocycles. The average Bonchev–Trinajstić information content (AvgIpc) is 3.44. The van der Waals surface area contributed by atoms with E-state index < -0.39 is 5.91 Å². The molecule has 0 spiro atoms. The number of rotatable bonds is 11. The van der Waals surface area contributed by atoms with Crippen LogP contribution in [0.25, 0.3) is 5.57 Å². The van der Waals surface area contributed by atoms with Gasteiger partial charge in [0, 0.05) is 24.9 Å². The van der Waals surface area contributed by atoms with Crippen LogP contribution in [0.4, 0.5) is 5.69 Å². The highest BCUT2D eigenvalue weighted by Gasteiger charge is 2.10. The van der Waals surface area contributed by atoms with Gasteiger partial charge in [-0.15, -0.1) is 0 Å². The molecule has 5 nitrogen and oxygen atoms in total. The Bertz CT molecular complexity index is 1260. The lowest BCUT2D eigenvalue weighted by atomic mass is 9.97. The molecule has 0 saturated heterocycles. The standard InChI is InChI=1S/C27H29N3O2.C7H12/c31-27(30-32)18-25(16-20-4-2-1-3-5-20)23-9-7-22(8-10-23)19-28-14-12-21-6-11-24-13-15-29-26(24)17-21;1-4-6-7(3)5-2/h1-11,17-18,28-29,32H,12-16,19H2,(H,30,31);4,6H,3,5H2,1-2H3/b25-18+;6-4-. The molecule has 39 heavy (non-hydrogen) atoms. The van der Waals surface area contributed by atoms with Gasteiger partial charge >= 0.3 is 0 Å². The molecule has 0 aliphatic carbocycles. The highest BCUT2D eigenvalue weighted by Crippen LogP contribution is 2.23. The van der Waals surface area contributed by atoms with Crippen LogP contribution in [0.2, 0.25) is 0 Å². The lowest BCUT2D eigenvalue weighted by molar-refractivity contribution is -0.124. The fourth-order valence-electron chi connectivity index (χ4n) is 4.39. The second-order valence-corrected chi connectivity index (χ2v) is 9.61. The van der Waals surface area contributed by atoms with E-state index >= 15 is 0 Å². The summed E-state index contributed by atoms with van der Waals surface area (Å²) in [4.78, 5) is 11.8. The normalized spacial score (nSPS) is 12.3. The van der Waals surface area contributed by atoms with Gasteiger partial charge in [0.1, 0.15) is 0 Å². The third-order valence-electron chi connectivity index (χ3n) is 6.64. The van der Waals surface area contributed by atoms with E-state index in [1.54, 1.807) is 5.48 Å². The summed E-state index contributed by atoms with van der Waals surface area (Å²) in [6, 6.07) is 24.9. The largest absolute Gasteiger partial charge is 0.384 e. The van der Waals surface area contributed by atoms with E-state index in [0.717, 1.165) is 55.6 Å². The van der Waals surface area contributed by atoms with Crippen LogP contribution in [-0.2, 0) is 30.6 Å². The van der Waals surface area contributed by atoms with Gasteiger partial charge in [-0.1, -0.05) is 98.0 Å². The van der Waals surface area contributed by atoms with Crippen molar-refractivity contribution in [1.82, 2.24) is 10.8 Å². The van der Waals surface area contributed by atoms with Crippen LogP contribution in [0, 0.1) is 0 Å². The first-order valence-corrected chi connectivity index (χ1v) is 13.7. The van der Waals surface area contributed by atoms with E-state index in [0.29, 0.717) is 6.42 Å². The van der Waals surface area contributed by atoms with Crippen LogP contribution < -0.4 is 16.1 Å². The molecule has 3 aromatic rings. The molecule has 4 N–H and O–H groups in total. The molecular weight excluding hydrogens is 482 g/mol. The molecule has 0 fully saturated rings. The molecule has 4 rings (SSSR count). The van der Waals surface area contributed by atoms with Crippen LogP contribution in [-0.4, -0.2) is 24.2 Å². The summed E-state index contributed by atoms with van der Waals surface area (Å²) in [7, 11) is 0. The van der Waals surface area contributed by atoms with Gasteiger partial charge in [0.25, 0.3) is 5.91 Å². The van der Waals surface area contributed by atoms with Gasteiger partial charge in [0.15, 0.2) is 0 Å². The number of anilines is 1. The molecule has 1 heterocycles. The summed E-state index contributed by atoms with van der Waals surface area (Å²) in [6.07, 6.45) is 9.27. The van der Waals surface area contributed by atoms with Crippen molar-refractivity contribution in [2.24, 2.45) is 0 Å². The number of hydrogen-bond donors (Lipinski definition) is 4. The Morgan fingerprint density at radius 1 is 1.03 bits per heavy atom. The smallest absolute Gasteiger partial charge is 0.267 e. The molecule has 5 heteroatoms. The molecular formula is C34H41N3O2. The highest BCUT2D eigenvalue weighted by atomic mass is 16.5. The zero-order valence-electron chi connectivity index (χ0n) is 23.2. The molecule has 0 atom stereocenters. The molecule has 204 valence electrons. The summed E-state index contributed by atoms with van der Waals surface area (Å²) >= 11 is 0. The SMILES string of the molecule is C=C(/C=C\C)CC.O=C(/C=C(\Cc1ccccc1)c1ccc(CNCCc2ccc3c(c2)NCC3)cc1)NO. The maximum absolute atomic E-state index is 11.8. The van der Waals surface area contributed by atoms with Crippen molar-refractivity contribution in [2.75, 3.05) is 18.4 Å². The molecule has 3 aromatic carbocycles. The topological polar surface area (TPSA) is 73.4 Å². The van der Waals surface area contributed by atoms with Gasteiger partial charge in [-0.05, 0) is 78.6 Å². The van der Waals surface area contributed by atoms with Crippen molar-refractivity contribution in [3.63, 3.8) is 0 Å². The Labute approximate surface area is 233 Å². The van der Waals surface area contributed by atoms with E-state index in [-0.39, 0.29) is 0 Å². The number of fused-ring (bicyclic) bond motifs is 1. The summed E-state index contributed by atoms with van der Waals surface area (Å²) in [5, 5.41) is 15.9. The van der Waals surface area contributed by atoms with E-state index in [1.165, 1.54) is 34.0 Å². The van der Waals surface area contributed by atoms with E-state index in [9.17, 15) is 4.79 Å². The first-order valence-electron chi connectivity index (χ1n) is 13.7. The maximum atomic E-state index is 11.8. The van der Waals surface area contributed by atoms with Crippen molar-refractivity contribution < 1.29 is 10.0 Å². The number of benzene rings is 3. The van der Waals surface area contributed by atoms with E-state index in [4.69, 9.17) is 5.21 Å². The monoisotopic (exact) mass is 523 g/mol. The Morgan fingerprint density at radius 3 is 2.44 bits per heavy atom. The number of nitrogens with one attached hydrogen (secondary N) is 3. The van der Waals surface area contributed by atoms with Crippen LogP contribution in [0.3, 0.4) is 0 Å². The van der Waals surface area contributed by atoms with E-state index in [1.807, 2.05) is 61.5 Å². The Morgan fingerprint density at radius 2 is 1.77 bits per heavy atom. The van der Waals surface area contributed by atoms with Gasteiger partial charge < -0.3 is 10.6 Å². The zero-order chi connectivity index (χ0) is 27.9. The predicted molar refractivity (Wildman–Crippen MR) is 163 cm³/mol. The Balaban J connectivity index is 0.000000532. The second kappa shape index (κ2) is 16.1. The number of hydroxylamine groups is 1.